The molecule has 1 aromatic heterocycles. The SMILES string of the molecule is CCCCCCn1c(O)c(C=Nc2ccc(-c3ccccc3)cc2)c(C)c(C#N)c1=O. The van der Waals surface area contributed by atoms with Crippen LogP contribution in [0.4, 0.5) is 5.69 Å². The van der Waals surface area contributed by atoms with Gasteiger partial charge in [-0.15, -0.1) is 0 Å². The van der Waals surface area contributed by atoms with E-state index in [2.05, 4.69) is 11.9 Å². The van der Waals surface area contributed by atoms with Gasteiger partial charge in [0.2, 0.25) is 5.88 Å². The Balaban J connectivity index is 1.90. The van der Waals surface area contributed by atoms with Gasteiger partial charge in [0, 0.05) is 12.8 Å². The van der Waals surface area contributed by atoms with Gasteiger partial charge in [0.25, 0.3) is 5.56 Å². The fourth-order valence-corrected chi connectivity index (χ4v) is 3.54. The zero-order chi connectivity index (χ0) is 22.2. The molecule has 0 bridgehead atoms. The molecule has 0 amide bonds. The van der Waals surface area contributed by atoms with Gasteiger partial charge in [-0.05, 0) is 42.2 Å². The molecule has 0 spiro atoms. The summed E-state index contributed by atoms with van der Waals surface area (Å²) in [6.45, 7) is 4.16. The van der Waals surface area contributed by atoms with E-state index in [0.717, 1.165) is 42.5 Å². The van der Waals surface area contributed by atoms with Crippen LogP contribution in [0.5, 0.6) is 5.88 Å². The highest BCUT2D eigenvalue weighted by molar-refractivity contribution is 5.87. The second-order valence-electron chi connectivity index (χ2n) is 7.54. The first-order valence-electron chi connectivity index (χ1n) is 10.6. The maximum atomic E-state index is 12.6. The summed E-state index contributed by atoms with van der Waals surface area (Å²) in [5.41, 5.74) is 3.38. The third kappa shape index (κ3) is 5.10. The van der Waals surface area contributed by atoms with Crippen LogP contribution < -0.4 is 5.56 Å². The van der Waals surface area contributed by atoms with E-state index in [9.17, 15) is 15.2 Å². The highest BCUT2D eigenvalue weighted by Crippen LogP contribution is 2.24. The topological polar surface area (TPSA) is 78.4 Å². The molecule has 0 atom stereocenters. The zero-order valence-corrected chi connectivity index (χ0v) is 18.0. The van der Waals surface area contributed by atoms with E-state index in [-0.39, 0.29) is 11.4 Å². The summed E-state index contributed by atoms with van der Waals surface area (Å²) in [7, 11) is 0. The molecule has 0 aliphatic rings. The fourth-order valence-electron chi connectivity index (χ4n) is 3.54. The summed E-state index contributed by atoms with van der Waals surface area (Å²) in [5.74, 6) is -0.136. The molecule has 2 aromatic carbocycles. The van der Waals surface area contributed by atoms with Gasteiger partial charge in [0.15, 0.2) is 0 Å². The molecule has 0 aliphatic heterocycles. The molecule has 0 unspecified atom stereocenters. The molecule has 3 aromatic rings. The number of hydrogen-bond acceptors (Lipinski definition) is 4. The van der Waals surface area contributed by atoms with Crippen molar-refractivity contribution >= 4 is 11.9 Å². The minimum Gasteiger partial charge on any atom is -0.494 e. The van der Waals surface area contributed by atoms with E-state index < -0.39 is 5.56 Å². The van der Waals surface area contributed by atoms with E-state index >= 15 is 0 Å². The maximum absolute atomic E-state index is 12.6. The molecule has 0 saturated heterocycles. The zero-order valence-electron chi connectivity index (χ0n) is 18.0. The van der Waals surface area contributed by atoms with Gasteiger partial charge in [0.1, 0.15) is 11.6 Å². The quantitative estimate of drug-likeness (QED) is 0.378. The van der Waals surface area contributed by atoms with Crippen molar-refractivity contribution in [3.63, 3.8) is 0 Å². The number of rotatable bonds is 8. The molecule has 0 saturated carbocycles. The Morgan fingerprint density at radius 1 is 1.03 bits per heavy atom. The number of aliphatic imine (C=N–C) groups is 1. The van der Waals surface area contributed by atoms with E-state index in [1.54, 1.807) is 6.92 Å². The van der Waals surface area contributed by atoms with Gasteiger partial charge in [0.05, 0.1) is 11.3 Å². The summed E-state index contributed by atoms with van der Waals surface area (Å²) >= 11 is 0. The Morgan fingerprint density at radius 3 is 2.35 bits per heavy atom. The first-order chi connectivity index (χ1) is 15.1. The lowest BCUT2D eigenvalue weighted by Gasteiger charge is -2.14. The predicted molar refractivity (Wildman–Crippen MR) is 125 cm³/mol. The molecular formula is C26H27N3O2. The van der Waals surface area contributed by atoms with Crippen LogP contribution in [0, 0.1) is 18.3 Å². The number of nitrogens with zero attached hydrogens (tertiary/aromatic N) is 3. The van der Waals surface area contributed by atoms with E-state index in [1.807, 2.05) is 60.7 Å². The second kappa shape index (κ2) is 10.4. The normalized spacial score (nSPS) is 11.0. The molecule has 0 fully saturated rings. The summed E-state index contributed by atoms with van der Waals surface area (Å²) in [4.78, 5) is 17.1. The van der Waals surface area contributed by atoms with Gasteiger partial charge in [-0.3, -0.25) is 14.4 Å². The van der Waals surface area contributed by atoms with Gasteiger partial charge < -0.3 is 5.11 Å². The van der Waals surface area contributed by atoms with Crippen molar-refractivity contribution in [1.82, 2.24) is 4.57 Å². The van der Waals surface area contributed by atoms with E-state index in [0.29, 0.717) is 17.7 Å². The number of aromatic hydroxyl groups is 1. The maximum Gasteiger partial charge on any atom is 0.271 e. The average molecular weight is 414 g/mol. The van der Waals surface area contributed by atoms with Crippen molar-refractivity contribution in [2.45, 2.75) is 46.1 Å². The van der Waals surface area contributed by atoms with Crippen molar-refractivity contribution in [2.24, 2.45) is 4.99 Å². The first-order valence-corrected chi connectivity index (χ1v) is 10.6. The van der Waals surface area contributed by atoms with Crippen molar-refractivity contribution in [3.8, 4) is 23.1 Å². The van der Waals surface area contributed by atoms with Crippen molar-refractivity contribution < 1.29 is 5.11 Å². The lowest BCUT2D eigenvalue weighted by Crippen LogP contribution is -2.25. The van der Waals surface area contributed by atoms with Crippen LogP contribution in [0.25, 0.3) is 11.1 Å². The highest BCUT2D eigenvalue weighted by Gasteiger charge is 2.17. The number of nitriles is 1. The van der Waals surface area contributed by atoms with Crippen LogP contribution in [-0.4, -0.2) is 15.9 Å². The Labute approximate surface area is 183 Å². The van der Waals surface area contributed by atoms with Crippen LogP contribution in [0.1, 0.15) is 49.3 Å². The molecule has 0 radical (unpaired) electrons. The number of hydrogen-bond donors (Lipinski definition) is 1. The Kier molecular flexibility index (Phi) is 7.40. The average Bonchev–Trinajstić information content (AvgIpc) is 2.80. The molecule has 5 heteroatoms. The number of pyridine rings is 1. The van der Waals surface area contributed by atoms with Gasteiger partial charge in [-0.1, -0.05) is 68.7 Å². The molecule has 0 aliphatic carbocycles. The van der Waals surface area contributed by atoms with Crippen molar-refractivity contribution in [3.05, 3.63) is 81.6 Å². The molecule has 31 heavy (non-hydrogen) atoms. The van der Waals surface area contributed by atoms with Crippen LogP contribution in [0.3, 0.4) is 0 Å². The molecule has 158 valence electrons. The van der Waals surface area contributed by atoms with Gasteiger partial charge in [-0.2, -0.15) is 5.26 Å². The number of benzene rings is 2. The standard InChI is InChI=1S/C26H27N3O2/c1-3-4-5-9-16-29-25(30)23(17-27)19(2)24(26(29)31)18-28-22-14-12-21(13-15-22)20-10-7-6-8-11-20/h6-8,10-15,18,31H,3-5,9,16H2,1-2H3. The lowest BCUT2D eigenvalue weighted by atomic mass is 10.1. The Morgan fingerprint density at radius 2 is 1.71 bits per heavy atom. The van der Waals surface area contributed by atoms with Gasteiger partial charge >= 0.3 is 0 Å². The number of unbranched alkanes of at least 4 members (excludes halogenated alkanes) is 3. The monoisotopic (exact) mass is 413 g/mol. The van der Waals surface area contributed by atoms with Crippen molar-refractivity contribution in [1.29, 1.82) is 5.26 Å². The van der Waals surface area contributed by atoms with E-state index in [4.69, 9.17) is 0 Å². The summed E-state index contributed by atoms with van der Waals surface area (Å²) in [5, 5.41) is 20.2. The third-order valence-corrected chi connectivity index (χ3v) is 5.40. The molecular weight excluding hydrogens is 386 g/mol. The predicted octanol–water partition coefficient (Wildman–Crippen LogP) is 5.73. The number of aromatic nitrogens is 1. The molecule has 3 rings (SSSR count). The minimum atomic E-state index is -0.446. The molecule has 1 heterocycles. The van der Waals surface area contributed by atoms with Crippen molar-refractivity contribution in [2.75, 3.05) is 0 Å². The largest absolute Gasteiger partial charge is 0.494 e. The summed E-state index contributed by atoms with van der Waals surface area (Å²) in [6, 6.07) is 19.8. The molecule has 1 N–H and O–H groups in total. The van der Waals surface area contributed by atoms with Crippen LogP contribution in [0.15, 0.2) is 64.4 Å². The highest BCUT2D eigenvalue weighted by atomic mass is 16.3. The summed E-state index contributed by atoms with van der Waals surface area (Å²) in [6.07, 6.45) is 5.42. The van der Waals surface area contributed by atoms with Crippen LogP contribution >= 0.6 is 0 Å². The van der Waals surface area contributed by atoms with Crippen LogP contribution in [-0.2, 0) is 6.54 Å². The lowest BCUT2D eigenvalue weighted by molar-refractivity contribution is 0.397. The summed E-state index contributed by atoms with van der Waals surface area (Å²) < 4.78 is 1.29. The minimum absolute atomic E-state index is 0.0502. The third-order valence-electron chi connectivity index (χ3n) is 5.40. The Hall–Kier alpha value is -3.65. The first kappa shape index (κ1) is 22.0. The molecule has 5 nitrogen and oxygen atoms in total. The smallest absolute Gasteiger partial charge is 0.271 e. The second-order valence-corrected chi connectivity index (χ2v) is 7.54. The van der Waals surface area contributed by atoms with E-state index in [1.165, 1.54) is 10.8 Å². The Bertz CT molecular complexity index is 1150. The fraction of sp³-hybridized carbons (Fsp3) is 0.269. The van der Waals surface area contributed by atoms with Gasteiger partial charge in [-0.25, -0.2) is 0 Å². The van der Waals surface area contributed by atoms with Crippen LogP contribution in [0.2, 0.25) is 0 Å².